The van der Waals surface area contributed by atoms with Crippen LogP contribution in [0.4, 0.5) is 11.4 Å². The Morgan fingerprint density at radius 3 is 2.33 bits per heavy atom. The molecule has 0 spiro atoms. The first-order chi connectivity index (χ1) is 12.7. The first-order valence-corrected chi connectivity index (χ1v) is 10.8. The zero-order chi connectivity index (χ0) is 19.6. The topological polar surface area (TPSA) is 86.7 Å². The number of nitrogens with zero attached hydrogens (tertiary/aromatic N) is 1. The van der Waals surface area contributed by atoms with Crippen molar-refractivity contribution in [2.45, 2.75) is 30.8 Å². The Hall–Kier alpha value is -2.38. The molecule has 0 aromatic heterocycles. The lowest BCUT2D eigenvalue weighted by molar-refractivity contribution is 0.102. The van der Waals surface area contributed by atoms with Gasteiger partial charge in [-0.05, 0) is 61.7 Å². The molecule has 144 valence electrons. The fourth-order valence-corrected chi connectivity index (χ4v) is 3.80. The van der Waals surface area contributed by atoms with Gasteiger partial charge < -0.3 is 15.3 Å². The largest absolute Gasteiger partial charge is 0.393 e. The lowest BCUT2D eigenvalue weighted by Gasteiger charge is -2.31. The summed E-state index contributed by atoms with van der Waals surface area (Å²) in [4.78, 5) is 14.9. The van der Waals surface area contributed by atoms with E-state index >= 15 is 0 Å². The van der Waals surface area contributed by atoms with Crippen LogP contribution in [0.25, 0.3) is 0 Å². The smallest absolute Gasteiger partial charge is 0.255 e. The van der Waals surface area contributed by atoms with Gasteiger partial charge in [0.05, 0.1) is 11.0 Å². The zero-order valence-corrected chi connectivity index (χ0v) is 16.3. The van der Waals surface area contributed by atoms with E-state index in [1.165, 1.54) is 12.1 Å². The van der Waals surface area contributed by atoms with Crippen molar-refractivity contribution in [1.29, 1.82) is 0 Å². The van der Waals surface area contributed by atoms with Crippen molar-refractivity contribution in [3.63, 3.8) is 0 Å². The van der Waals surface area contributed by atoms with E-state index < -0.39 is 9.84 Å². The van der Waals surface area contributed by atoms with Crippen molar-refractivity contribution in [3.8, 4) is 0 Å². The van der Waals surface area contributed by atoms with Crippen molar-refractivity contribution in [2.75, 3.05) is 29.6 Å². The van der Waals surface area contributed by atoms with Crippen LogP contribution >= 0.6 is 0 Å². The van der Waals surface area contributed by atoms with Crippen molar-refractivity contribution in [3.05, 3.63) is 53.6 Å². The van der Waals surface area contributed by atoms with Gasteiger partial charge in [-0.25, -0.2) is 8.42 Å². The zero-order valence-electron chi connectivity index (χ0n) is 15.5. The summed E-state index contributed by atoms with van der Waals surface area (Å²) >= 11 is 0. The van der Waals surface area contributed by atoms with Gasteiger partial charge in [0.2, 0.25) is 0 Å². The second kappa shape index (κ2) is 7.70. The lowest BCUT2D eigenvalue weighted by atomic mass is 10.1. The SMILES string of the molecule is Cc1ccc(S(C)(=O)=O)cc1C(=O)Nc1ccc(N2CCC(O)CC2)cc1. The van der Waals surface area contributed by atoms with Gasteiger partial charge >= 0.3 is 0 Å². The van der Waals surface area contributed by atoms with Gasteiger partial charge in [-0.15, -0.1) is 0 Å². The van der Waals surface area contributed by atoms with Crippen LogP contribution in [-0.2, 0) is 9.84 Å². The predicted molar refractivity (Wildman–Crippen MR) is 106 cm³/mol. The highest BCUT2D eigenvalue weighted by Crippen LogP contribution is 2.23. The fourth-order valence-electron chi connectivity index (χ4n) is 3.15. The van der Waals surface area contributed by atoms with E-state index in [1.54, 1.807) is 13.0 Å². The van der Waals surface area contributed by atoms with Crippen LogP contribution in [0.5, 0.6) is 0 Å². The molecular formula is C20H24N2O4S. The number of benzene rings is 2. The van der Waals surface area contributed by atoms with Gasteiger partial charge in [-0.1, -0.05) is 6.07 Å². The second-order valence-corrected chi connectivity index (χ2v) is 8.98. The van der Waals surface area contributed by atoms with Crippen molar-refractivity contribution >= 4 is 27.1 Å². The summed E-state index contributed by atoms with van der Waals surface area (Å²) in [6.45, 7) is 3.39. The monoisotopic (exact) mass is 388 g/mol. The number of sulfone groups is 1. The van der Waals surface area contributed by atoms with Gasteiger partial charge in [-0.3, -0.25) is 4.79 Å². The molecule has 1 fully saturated rings. The molecule has 6 nitrogen and oxygen atoms in total. The van der Waals surface area contributed by atoms with Crippen molar-refractivity contribution in [2.24, 2.45) is 0 Å². The molecule has 0 atom stereocenters. The van der Waals surface area contributed by atoms with Crippen LogP contribution < -0.4 is 10.2 Å². The number of anilines is 2. The number of aliphatic hydroxyl groups is 1. The number of rotatable bonds is 4. The number of carbonyl (C=O) groups excluding carboxylic acids is 1. The number of carbonyl (C=O) groups is 1. The maximum atomic E-state index is 12.6. The summed E-state index contributed by atoms with van der Waals surface area (Å²) in [6, 6.07) is 12.1. The molecule has 2 aromatic carbocycles. The predicted octanol–water partition coefficient (Wildman–Crippen LogP) is 2.61. The number of amides is 1. The Morgan fingerprint density at radius 2 is 1.74 bits per heavy atom. The normalized spacial score (nSPS) is 15.6. The van der Waals surface area contributed by atoms with Gasteiger partial charge in [0.15, 0.2) is 9.84 Å². The molecule has 0 bridgehead atoms. The Balaban J connectivity index is 1.73. The Bertz CT molecular complexity index is 931. The third kappa shape index (κ3) is 4.67. The second-order valence-electron chi connectivity index (χ2n) is 6.97. The molecule has 0 saturated carbocycles. The molecule has 3 rings (SSSR count). The van der Waals surface area contributed by atoms with Crippen LogP contribution in [-0.4, -0.2) is 44.9 Å². The molecule has 1 aliphatic heterocycles. The molecule has 0 unspecified atom stereocenters. The highest BCUT2D eigenvalue weighted by Gasteiger charge is 2.18. The standard InChI is InChI=1S/C20H24N2O4S/c1-14-3-8-18(27(2,25)26)13-19(14)20(24)21-15-4-6-16(7-5-15)22-11-9-17(23)10-12-22/h3-8,13,17,23H,9-12H2,1-2H3,(H,21,24). The first-order valence-electron chi connectivity index (χ1n) is 8.89. The van der Waals surface area contributed by atoms with Crippen LogP contribution in [0.2, 0.25) is 0 Å². The number of piperidine rings is 1. The molecule has 0 aliphatic carbocycles. The summed E-state index contributed by atoms with van der Waals surface area (Å²) in [5.74, 6) is -0.341. The van der Waals surface area contributed by atoms with E-state index in [9.17, 15) is 18.3 Å². The summed E-state index contributed by atoms with van der Waals surface area (Å²) in [5.41, 5.74) is 2.75. The van der Waals surface area contributed by atoms with E-state index in [-0.39, 0.29) is 16.9 Å². The van der Waals surface area contributed by atoms with E-state index in [2.05, 4.69) is 10.2 Å². The maximum Gasteiger partial charge on any atom is 0.255 e. The molecular weight excluding hydrogens is 364 g/mol. The van der Waals surface area contributed by atoms with E-state index in [1.807, 2.05) is 24.3 Å². The summed E-state index contributed by atoms with van der Waals surface area (Å²) in [5, 5.41) is 12.4. The van der Waals surface area contributed by atoms with Crippen molar-refractivity contribution < 1.29 is 18.3 Å². The Morgan fingerprint density at radius 1 is 1.11 bits per heavy atom. The lowest BCUT2D eigenvalue weighted by Crippen LogP contribution is -2.35. The number of hydrogen-bond acceptors (Lipinski definition) is 5. The summed E-state index contributed by atoms with van der Waals surface area (Å²) < 4.78 is 23.5. The number of aliphatic hydroxyl groups excluding tert-OH is 1. The third-order valence-corrected chi connectivity index (χ3v) is 5.95. The van der Waals surface area contributed by atoms with E-state index in [0.717, 1.165) is 37.9 Å². The minimum Gasteiger partial charge on any atom is -0.393 e. The highest BCUT2D eigenvalue weighted by molar-refractivity contribution is 7.90. The average Bonchev–Trinajstić information content (AvgIpc) is 2.62. The van der Waals surface area contributed by atoms with Crippen LogP contribution in [0.3, 0.4) is 0 Å². The van der Waals surface area contributed by atoms with Crippen molar-refractivity contribution in [1.82, 2.24) is 0 Å². The molecule has 1 heterocycles. The molecule has 7 heteroatoms. The Labute approximate surface area is 159 Å². The molecule has 27 heavy (non-hydrogen) atoms. The third-order valence-electron chi connectivity index (χ3n) is 4.84. The minimum absolute atomic E-state index is 0.126. The number of hydrogen-bond donors (Lipinski definition) is 2. The number of aryl methyl sites for hydroxylation is 1. The van der Waals surface area contributed by atoms with Gasteiger partial charge in [0.25, 0.3) is 5.91 Å². The van der Waals surface area contributed by atoms with E-state index in [0.29, 0.717) is 16.8 Å². The molecule has 1 aliphatic rings. The number of nitrogens with one attached hydrogen (secondary N) is 1. The fraction of sp³-hybridized carbons (Fsp3) is 0.350. The molecule has 2 N–H and O–H groups in total. The first kappa shape index (κ1) is 19.4. The van der Waals surface area contributed by atoms with Crippen LogP contribution in [0.15, 0.2) is 47.4 Å². The summed E-state index contributed by atoms with van der Waals surface area (Å²) in [7, 11) is -3.37. The minimum atomic E-state index is -3.37. The van der Waals surface area contributed by atoms with Gasteiger partial charge in [0.1, 0.15) is 0 Å². The van der Waals surface area contributed by atoms with Crippen LogP contribution in [0.1, 0.15) is 28.8 Å². The molecule has 0 radical (unpaired) electrons. The van der Waals surface area contributed by atoms with Gasteiger partial charge in [-0.2, -0.15) is 0 Å². The molecule has 1 amide bonds. The molecule has 1 saturated heterocycles. The Kier molecular flexibility index (Phi) is 5.53. The van der Waals surface area contributed by atoms with Gasteiger partial charge in [0, 0.05) is 36.3 Å². The van der Waals surface area contributed by atoms with E-state index in [4.69, 9.17) is 0 Å². The quantitative estimate of drug-likeness (QED) is 0.841. The molecule has 2 aromatic rings. The van der Waals surface area contributed by atoms with Crippen LogP contribution in [0, 0.1) is 6.92 Å². The highest BCUT2D eigenvalue weighted by atomic mass is 32.2. The summed E-state index contributed by atoms with van der Waals surface area (Å²) in [6.07, 6.45) is 2.42. The average molecular weight is 388 g/mol. The maximum absolute atomic E-state index is 12.6.